The number of amides is 2. The van der Waals surface area contributed by atoms with Crippen molar-refractivity contribution in [3.63, 3.8) is 0 Å². The van der Waals surface area contributed by atoms with E-state index in [1.54, 1.807) is 37.4 Å². The molecule has 1 heterocycles. The first-order valence-electron chi connectivity index (χ1n) is 9.92. The van der Waals surface area contributed by atoms with Gasteiger partial charge in [-0.3, -0.25) is 14.5 Å². The molecule has 0 radical (unpaired) electrons. The van der Waals surface area contributed by atoms with Gasteiger partial charge in [-0.05, 0) is 49.7 Å². The summed E-state index contributed by atoms with van der Waals surface area (Å²) < 4.78 is 5.32. The third-order valence-corrected chi connectivity index (χ3v) is 5.44. The molecule has 1 aliphatic rings. The highest BCUT2D eigenvalue weighted by Gasteiger charge is 2.28. The van der Waals surface area contributed by atoms with Crippen molar-refractivity contribution < 1.29 is 14.3 Å². The summed E-state index contributed by atoms with van der Waals surface area (Å²) >= 11 is 0. The third-order valence-electron chi connectivity index (χ3n) is 5.44. The Balaban J connectivity index is 1.57. The molecule has 2 aromatic carbocycles. The van der Waals surface area contributed by atoms with Gasteiger partial charge in [0.15, 0.2) is 0 Å². The van der Waals surface area contributed by atoms with Crippen LogP contribution in [-0.2, 0) is 4.79 Å². The monoisotopic (exact) mass is 406 g/mol. The lowest BCUT2D eigenvalue weighted by molar-refractivity contribution is -0.121. The number of anilines is 1. The molecule has 1 atom stereocenters. The van der Waals surface area contributed by atoms with Crippen LogP contribution in [0.2, 0.25) is 0 Å². The molecule has 1 aliphatic heterocycles. The first-order chi connectivity index (χ1) is 14.4. The number of rotatable bonds is 5. The van der Waals surface area contributed by atoms with Gasteiger partial charge in [-0.2, -0.15) is 5.26 Å². The molecule has 1 unspecified atom stereocenters. The predicted octanol–water partition coefficient (Wildman–Crippen LogP) is 2.66. The summed E-state index contributed by atoms with van der Waals surface area (Å²) in [4.78, 5) is 29.3. The highest BCUT2D eigenvalue weighted by Crippen LogP contribution is 2.21. The number of benzene rings is 2. The summed E-state index contributed by atoms with van der Waals surface area (Å²) in [6.45, 7) is 6.12. The van der Waals surface area contributed by atoms with Crippen LogP contribution in [0.1, 0.15) is 28.4 Å². The Hall–Kier alpha value is -3.37. The number of hydrogen-bond acceptors (Lipinski definition) is 5. The van der Waals surface area contributed by atoms with E-state index in [9.17, 15) is 9.59 Å². The van der Waals surface area contributed by atoms with Crippen molar-refractivity contribution in [2.75, 3.05) is 38.6 Å². The number of carbonyl (C=O) groups excluding carboxylic acids is 2. The van der Waals surface area contributed by atoms with Crippen LogP contribution in [0.25, 0.3) is 0 Å². The maximum Gasteiger partial charge on any atom is 0.254 e. The van der Waals surface area contributed by atoms with Crippen LogP contribution in [0.5, 0.6) is 5.75 Å². The van der Waals surface area contributed by atoms with Crippen LogP contribution in [0.15, 0.2) is 42.5 Å². The number of aryl methyl sites for hydroxylation is 1. The molecule has 3 rings (SSSR count). The standard InChI is InChI=1S/C23H26N4O3/c1-16-7-8-19(14-21(16)30-3)23(29)27-11-9-26(10-12-27)17(2)22(28)25-20-6-4-5-18(13-20)15-24/h4-8,13-14,17H,9-12H2,1-3H3,(H,25,28). The molecule has 156 valence electrons. The summed E-state index contributed by atoms with van der Waals surface area (Å²) in [6, 6.07) is 14.0. The number of piperazine rings is 1. The third kappa shape index (κ3) is 4.78. The van der Waals surface area contributed by atoms with Crippen LogP contribution in [0.3, 0.4) is 0 Å². The first-order valence-corrected chi connectivity index (χ1v) is 9.92. The van der Waals surface area contributed by atoms with Gasteiger partial charge in [-0.25, -0.2) is 0 Å². The number of nitrogens with one attached hydrogen (secondary N) is 1. The Kier molecular flexibility index (Phi) is 6.70. The molecule has 0 aromatic heterocycles. The molecule has 2 amide bonds. The van der Waals surface area contributed by atoms with Crippen LogP contribution in [-0.4, -0.2) is 60.9 Å². The van der Waals surface area contributed by atoms with Gasteiger partial charge in [-0.15, -0.1) is 0 Å². The smallest absolute Gasteiger partial charge is 0.254 e. The molecule has 7 nitrogen and oxygen atoms in total. The summed E-state index contributed by atoms with van der Waals surface area (Å²) in [6.07, 6.45) is 0. The molecule has 0 spiro atoms. The molecule has 30 heavy (non-hydrogen) atoms. The second-order valence-corrected chi connectivity index (χ2v) is 7.37. The topological polar surface area (TPSA) is 85.7 Å². The molecule has 0 bridgehead atoms. The van der Waals surface area contributed by atoms with Crippen molar-refractivity contribution >= 4 is 17.5 Å². The lowest BCUT2D eigenvalue weighted by atomic mass is 10.1. The Morgan fingerprint density at radius 2 is 1.87 bits per heavy atom. The quantitative estimate of drug-likeness (QED) is 0.825. The van der Waals surface area contributed by atoms with E-state index in [2.05, 4.69) is 16.3 Å². The summed E-state index contributed by atoms with van der Waals surface area (Å²) in [7, 11) is 1.60. The van der Waals surface area contributed by atoms with Gasteiger partial charge in [0.2, 0.25) is 5.91 Å². The number of nitrogens with zero attached hydrogens (tertiary/aromatic N) is 3. The summed E-state index contributed by atoms with van der Waals surface area (Å²) in [5, 5.41) is 11.9. The number of ether oxygens (including phenoxy) is 1. The van der Waals surface area contributed by atoms with Crippen molar-refractivity contribution in [3.8, 4) is 11.8 Å². The molecule has 0 aliphatic carbocycles. The van der Waals surface area contributed by atoms with Gasteiger partial charge < -0.3 is 15.0 Å². The molecule has 7 heteroatoms. The molecular formula is C23H26N4O3. The molecule has 2 aromatic rings. The second kappa shape index (κ2) is 9.42. The number of carbonyl (C=O) groups is 2. The van der Waals surface area contributed by atoms with E-state index in [0.717, 1.165) is 5.56 Å². The highest BCUT2D eigenvalue weighted by molar-refractivity contribution is 5.95. The zero-order chi connectivity index (χ0) is 21.7. The van der Waals surface area contributed by atoms with Crippen molar-refractivity contribution in [1.82, 2.24) is 9.80 Å². The van der Waals surface area contributed by atoms with Crippen molar-refractivity contribution in [1.29, 1.82) is 5.26 Å². The van der Waals surface area contributed by atoms with Crippen LogP contribution < -0.4 is 10.1 Å². The molecule has 1 saturated heterocycles. The minimum atomic E-state index is -0.340. The Morgan fingerprint density at radius 1 is 1.13 bits per heavy atom. The maximum absolute atomic E-state index is 12.8. The van der Waals surface area contributed by atoms with E-state index >= 15 is 0 Å². The molecule has 0 saturated carbocycles. The average molecular weight is 406 g/mol. The van der Waals surface area contributed by atoms with Gasteiger partial charge in [0, 0.05) is 37.4 Å². The fourth-order valence-corrected chi connectivity index (χ4v) is 3.53. The predicted molar refractivity (Wildman–Crippen MR) is 114 cm³/mol. The minimum absolute atomic E-state index is 0.0293. The Labute approximate surface area is 176 Å². The zero-order valence-corrected chi connectivity index (χ0v) is 17.5. The number of hydrogen-bond donors (Lipinski definition) is 1. The van der Waals surface area contributed by atoms with Gasteiger partial charge in [0.05, 0.1) is 24.8 Å². The molecular weight excluding hydrogens is 380 g/mol. The van der Waals surface area contributed by atoms with E-state index in [4.69, 9.17) is 10.00 Å². The fraction of sp³-hybridized carbons (Fsp3) is 0.348. The maximum atomic E-state index is 12.8. The van der Waals surface area contributed by atoms with E-state index in [-0.39, 0.29) is 17.9 Å². The van der Waals surface area contributed by atoms with Gasteiger partial charge in [0.1, 0.15) is 5.75 Å². The van der Waals surface area contributed by atoms with Crippen LogP contribution in [0, 0.1) is 18.3 Å². The highest BCUT2D eigenvalue weighted by atomic mass is 16.5. The average Bonchev–Trinajstić information content (AvgIpc) is 2.78. The van der Waals surface area contributed by atoms with Crippen molar-refractivity contribution in [2.24, 2.45) is 0 Å². The summed E-state index contributed by atoms with van der Waals surface area (Å²) in [5.41, 5.74) is 2.70. The van der Waals surface area contributed by atoms with Crippen molar-refractivity contribution in [3.05, 3.63) is 59.2 Å². The first kappa shape index (κ1) is 21.3. The lowest BCUT2D eigenvalue weighted by Crippen LogP contribution is -2.54. The molecule has 1 fully saturated rings. The number of nitriles is 1. The summed E-state index contributed by atoms with van der Waals surface area (Å²) in [5.74, 6) is 0.539. The van der Waals surface area contributed by atoms with E-state index in [1.165, 1.54) is 0 Å². The lowest BCUT2D eigenvalue weighted by Gasteiger charge is -2.37. The van der Waals surface area contributed by atoms with Gasteiger partial charge in [0.25, 0.3) is 5.91 Å². The Bertz CT molecular complexity index is 975. The fourth-order valence-electron chi connectivity index (χ4n) is 3.53. The molecule has 1 N–H and O–H groups in total. The number of methoxy groups -OCH3 is 1. The Morgan fingerprint density at radius 3 is 2.53 bits per heavy atom. The minimum Gasteiger partial charge on any atom is -0.496 e. The van der Waals surface area contributed by atoms with Crippen molar-refractivity contribution in [2.45, 2.75) is 19.9 Å². The zero-order valence-electron chi connectivity index (χ0n) is 17.5. The normalized spacial score (nSPS) is 15.2. The van der Waals surface area contributed by atoms with E-state index < -0.39 is 0 Å². The largest absolute Gasteiger partial charge is 0.496 e. The van der Waals surface area contributed by atoms with E-state index in [0.29, 0.717) is 48.7 Å². The van der Waals surface area contributed by atoms with Crippen LogP contribution in [0.4, 0.5) is 5.69 Å². The van der Waals surface area contributed by atoms with Crippen LogP contribution >= 0.6 is 0 Å². The van der Waals surface area contributed by atoms with Gasteiger partial charge >= 0.3 is 0 Å². The van der Waals surface area contributed by atoms with E-state index in [1.807, 2.05) is 30.9 Å². The second-order valence-electron chi connectivity index (χ2n) is 7.37. The van der Waals surface area contributed by atoms with Gasteiger partial charge in [-0.1, -0.05) is 12.1 Å². The SMILES string of the molecule is COc1cc(C(=O)N2CCN(C(C)C(=O)Nc3cccc(C#N)c3)CC2)ccc1C.